The van der Waals surface area contributed by atoms with Crippen LogP contribution < -0.4 is 0 Å². The van der Waals surface area contributed by atoms with Crippen molar-refractivity contribution in [3.8, 4) is 0 Å². The third kappa shape index (κ3) is 3.00. The van der Waals surface area contributed by atoms with E-state index >= 15 is 0 Å². The molecule has 0 aromatic carbocycles. The van der Waals surface area contributed by atoms with Gasteiger partial charge in [-0.05, 0) is 69.9 Å². The van der Waals surface area contributed by atoms with E-state index in [-0.39, 0.29) is 11.4 Å². The molecule has 134 valence electrons. The molecule has 0 amide bonds. The summed E-state index contributed by atoms with van der Waals surface area (Å²) < 4.78 is 5.87. The zero-order valence-electron chi connectivity index (χ0n) is 15.0. The molecule has 4 heteroatoms. The molecular formula is C20H30O4. The van der Waals surface area contributed by atoms with Gasteiger partial charge in [-0.2, -0.15) is 0 Å². The number of hydrogen-bond acceptors (Lipinski definition) is 4. The van der Waals surface area contributed by atoms with Gasteiger partial charge in [-0.1, -0.05) is 19.1 Å². The number of allylic oxidation sites excluding steroid dienone is 2. The SMILES string of the molecule is C=C1CC[C@H]2O[C@@]2(C)CC[C@H]2[C@H]1C[C@]2(C)C(=O)/C=C/C(C)(O)CO. The minimum absolute atomic E-state index is 0.00881. The van der Waals surface area contributed by atoms with Crippen molar-refractivity contribution in [1.29, 1.82) is 0 Å². The highest BCUT2D eigenvalue weighted by molar-refractivity contribution is 5.95. The summed E-state index contributed by atoms with van der Waals surface area (Å²) in [5.74, 6) is 0.760. The average molecular weight is 334 g/mol. The molecule has 1 heterocycles. The van der Waals surface area contributed by atoms with Gasteiger partial charge in [0.2, 0.25) is 0 Å². The van der Waals surface area contributed by atoms with Gasteiger partial charge < -0.3 is 14.9 Å². The second kappa shape index (κ2) is 5.79. The van der Waals surface area contributed by atoms with Gasteiger partial charge in [0, 0.05) is 5.41 Å². The number of carbonyl (C=O) groups is 1. The number of ether oxygens (including phenoxy) is 1. The maximum absolute atomic E-state index is 12.8. The third-order valence-electron chi connectivity index (χ3n) is 6.66. The van der Waals surface area contributed by atoms with Crippen molar-refractivity contribution < 1.29 is 19.7 Å². The number of epoxide rings is 1. The van der Waals surface area contributed by atoms with Gasteiger partial charge in [0.15, 0.2) is 5.78 Å². The first-order valence-electron chi connectivity index (χ1n) is 9.04. The van der Waals surface area contributed by atoms with E-state index in [0.29, 0.717) is 17.9 Å². The fraction of sp³-hybridized carbons (Fsp3) is 0.750. The van der Waals surface area contributed by atoms with Crippen LogP contribution in [0.1, 0.15) is 52.9 Å². The van der Waals surface area contributed by atoms with Crippen LogP contribution in [0.25, 0.3) is 0 Å². The molecule has 0 spiro atoms. The zero-order chi connectivity index (χ0) is 17.8. The first kappa shape index (κ1) is 17.8. The second-order valence-corrected chi connectivity index (χ2v) is 8.70. The molecule has 24 heavy (non-hydrogen) atoms. The molecule has 2 aliphatic carbocycles. The van der Waals surface area contributed by atoms with Crippen LogP contribution in [-0.4, -0.2) is 39.9 Å². The van der Waals surface area contributed by atoms with Gasteiger partial charge in [-0.3, -0.25) is 4.79 Å². The third-order valence-corrected chi connectivity index (χ3v) is 6.66. The van der Waals surface area contributed by atoms with Crippen LogP contribution in [0.15, 0.2) is 24.3 Å². The largest absolute Gasteiger partial charge is 0.393 e. The van der Waals surface area contributed by atoms with Crippen molar-refractivity contribution in [2.75, 3.05) is 6.61 Å². The molecule has 4 nitrogen and oxygen atoms in total. The Hall–Kier alpha value is -0.970. The Bertz CT molecular complexity index is 578. The van der Waals surface area contributed by atoms with Crippen LogP contribution in [0.2, 0.25) is 0 Å². The smallest absolute Gasteiger partial charge is 0.161 e. The first-order chi connectivity index (χ1) is 11.1. The Kier molecular flexibility index (Phi) is 4.30. The predicted octanol–water partition coefficient (Wildman–Crippen LogP) is 2.79. The molecule has 3 rings (SSSR count). The lowest BCUT2D eigenvalue weighted by atomic mass is 9.49. The summed E-state index contributed by atoms with van der Waals surface area (Å²) >= 11 is 0. The van der Waals surface area contributed by atoms with Crippen LogP contribution in [0.5, 0.6) is 0 Å². The molecule has 0 aromatic heterocycles. The highest BCUT2D eigenvalue weighted by Gasteiger charge is 2.58. The van der Waals surface area contributed by atoms with Gasteiger partial charge in [-0.25, -0.2) is 0 Å². The molecule has 3 aliphatic rings. The molecule has 2 saturated carbocycles. The number of hydrogen-bond donors (Lipinski definition) is 2. The fourth-order valence-corrected chi connectivity index (χ4v) is 4.58. The Balaban J connectivity index is 1.74. The lowest BCUT2D eigenvalue weighted by Crippen LogP contribution is -2.51. The first-order valence-corrected chi connectivity index (χ1v) is 9.04. The summed E-state index contributed by atoms with van der Waals surface area (Å²) in [7, 11) is 0. The van der Waals surface area contributed by atoms with Gasteiger partial charge in [0.1, 0.15) is 5.60 Å². The van der Waals surface area contributed by atoms with Gasteiger partial charge in [0.25, 0.3) is 0 Å². The van der Waals surface area contributed by atoms with Crippen LogP contribution in [0.4, 0.5) is 0 Å². The Labute approximate surface area is 144 Å². The van der Waals surface area contributed by atoms with Crippen molar-refractivity contribution in [2.45, 2.75) is 70.2 Å². The predicted molar refractivity (Wildman–Crippen MR) is 92.4 cm³/mol. The number of carbonyl (C=O) groups excluding carboxylic acids is 1. The van der Waals surface area contributed by atoms with Crippen LogP contribution in [0.3, 0.4) is 0 Å². The summed E-state index contributed by atoms with van der Waals surface area (Å²) in [6.45, 7) is 9.59. The average Bonchev–Trinajstić information content (AvgIpc) is 3.16. The molecule has 1 unspecified atom stereocenters. The highest BCUT2D eigenvalue weighted by Crippen LogP contribution is 2.60. The van der Waals surface area contributed by atoms with Gasteiger partial charge in [-0.15, -0.1) is 0 Å². The Morgan fingerprint density at radius 3 is 2.83 bits per heavy atom. The molecule has 1 aliphatic heterocycles. The van der Waals surface area contributed by atoms with Gasteiger partial charge in [0.05, 0.1) is 18.3 Å². The topological polar surface area (TPSA) is 70.1 Å². The van der Waals surface area contributed by atoms with Gasteiger partial charge >= 0.3 is 0 Å². The van der Waals surface area contributed by atoms with Crippen LogP contribution in [-0.2, 0) is 9.53 Å². The number of rotatable bonds is 4. The van der Waals surface area contributed by atoms with E-state index in [4.69, 9.17) is 9.84 Å². The normalized spacial score (nSPS) is 44.4. The second-order valence-electron chi connectivity index (χ2n) is 8.70. The van der Waals surface area contributed by atoms with E-state index < -0.39 is 17.6 Å². The summed E-state index contributed by atoms with van der Waals surface area (Å²) in [6, 6.07) is 0. The summed E-state index contributed by atoms with van der Waals surface area (Å²) in [4.78, 5) is 12.8. The summed E-state index contributed by atoms with van der Waals surface area (Å²) in [5, 5.41) is 19.0. The monoisotopic (exact) mass is 334 g/mol. The Morgan fingerprint density at radius 2 is 2.17 bits per heavy atom. The molecule has 3 fully saturated rings. The molecule has 0 bridgehead atoms. The van der Waals surface area contributed by atoms with E-state index in [9.17, 15) is 9.90 Å². The fourth-order valence-electron chi connectivity index (χ4n) is 4.58. The Morgan fingerprint density at radius 1 is 1.46 bits per heavy atom. The molecule has 1 saturated heterocycles. The molecular weight excluding hydrogens is 304 g/mol. The minimum Gasteiger partial charge on any atom is -0.393 e. The number of aliphatic hydroxyl groups is 2. The van der Waals surface area contributed by atoms with Crippen molar-refractivity contribution in [3.63, 3.8) is 0 Å². The maximum Gasteiger partial charge on any atom is 0.161 e. The standard InChI is InChI=1S/C20H30O4/c1-13-5-6-17-20(4,24-17)10-7-15-14(13)11-19(15,3)16(22)8-9-18(2,23)12-21/h8-9,14-15,17,21,23H,1,5-7,10-12H2,2-4H3/b9-8+/t14-,15-,17+,18?,19-,20-/m0/s1. The zero-order valence-corrected chi connectivity index (χ0v) is 15.0. The minimum atomic E-state index is -1.35. The van der Waals surface area contributed by atoms with E-state index in [2.05, 4.69) is 13.5 Å². The molecule has 6 atom stereocenters. The number of aliphatic hydroxyl groups excluding tert-OH is 1. The van der Waals surface area contributed by atoms with E-state index in [1.807, 2.05) is 6.92 Å². The van der Waals surface area contributed by atoms with Crippen molar-refractivity contribution in [3.05, 3.63) is 24.3 Å². The van der Waals surface area contributed by atoms with Crippen LogP contribution >= 0.6 is 0 Å². The quantitative estimate of drug-likeness (QED) is 0.471. The lowest BCUT2D eigenvalue weighted by molar-refractivity contribution is -0.138. The summed E-state index contributed by atoms with van der Waals surface area (Å²) in [6.07, 6.45) is 8.07. The van der Waals surface area contributed by atoms with E-state index in [0.717, 1.165) is 32.1 Å². The molecule has 0 aromatic rings. The highest BCUT2D eigenvalue weighted by atomic mass is 16.6. The van der Waals surface area contributed by atoms with Crippen molar-refractivity contribution in [1.82, 2.24) is 0 Å². The van der Waals surface area contributed by atoms with E-state index in [1.165, 1.54) is 24.6 Å². The van der Waals surface area contributed by atoms with Crippen molar-refractivity contribution >= 4 is 5.78 Å². The van der Waals surface area contributed by atoms with E-state index in [1.54, 1.807) is 0 Å². The maximum atomic E-state index is 12.8. The van der Waals surface area contributed by atoms with Crippen molar-refractivity contribution in [2.24, 2.45) is 17.3 Å². The van der Waals surface area contributed by atoms with Crippen LogP contribution in [0, 0.1) is 17.3 Å². The molecule has 0 radical (unpaired) electrons. The number of ketones is 1. The lowest BCUT2D eigenvalue weighted by Gasteiger charge is -2.53. The summed E-state index contributed by atoms with van der Waals surface area (Å²) in [5.41, 5.74) is -0.498. The number of fused-ring (bicyclic) bond motifs is 2. The molecule has 2 N–H and O–H groups in total.